The highest BCUT2D eigenvalue weighted by Gasteiger charge is 2.23. The maximum Gasteiger partial charge on any atom is 0.152 e. The zero-order chi connectivity index (χ0) is 10.6. The molecule has 0 radical (unpaired) electrons. The number of aliphatic hydroxyl groups is 1. The Morgan fingerprint density at radius 1 is 1.57 bits per heavy atom. The summed E-state index contributed by atoms with van der Waals surface area (Å²) in [6.45, 7) is 1.52. The Bertz CT molecular complexity index is 255. The molecule has 1 aliphatic rings. The third kappa shape index (κ3) is 3.09. The Morgan fingerprint density at radius 3 is 2.86 bits per heavy atom. The Hall–Kier alpha value is -0.930. The van der Waals surface area contributed by atoms with Gasteiger partial charge in [0.05, 0.1) is 12.2 Å². The van der Waals surface area contributed by atoms with Crippen LogP contribution in [0, 0.1) is 5.92 Å². The van der Waals surface area contributed by atoms with E-state index in [0.717, 1.165) is 6.42 Å². The standard InChI is InChI=1S/C11H16O3/c1-8(12)3-4-9-5-6-10(13)11(7-9)14-2/h3-6,9-11,13H,7H2,1-2H3. The molecule has 0 fully saturated rings. The minimum absolute atomic E-state index is 0.0403. The summed E-state index contributed by atoms with van der Waals surface area (Å²) in [5, 5.41) is 9.46. The van der Waals surface area contributed by atoms with Crippen molar-refractivity contribution in [2.45, 2.75) is 25.6 Å². The van der Waals surface area contributed by atoms with Gasteiger partial charge in [-0.05, 0) is 25.3 Å². The van der Waals surface area contributed by atoms with Crippen molar-refractivity contribution in [3.05, 3.63) is 24.3 Å². The van der Waals surface area contributed by atoms with E-state index in [1.54, 1.807) is 19.3 Å². The van der Waals surface area contributed by atoms with Crippen LogP contribution in [0.2, 0.25) is 0 Å². The summed E-state index contributed by atoms with van der Waals surface area (Å²) >= 11 is 0. The third-order valence-corrected chi connectivity index (χ3v) is 2.32. The minimum Gasteiger partial charge on any atom is -0.386 e. The molecule has 1 rings (SSSR count). The summed E-state index contributed by atoms with van der Waals surface area (Å²) in [4.78, 5) is 10.7. The molecule has 0 aromatic carbocycles. The summed E-state index contributed by atoms with van der Waals surface area (Å²) in [7, 11) is 1.58. The molecule has 78 valence electrons. The number of methoxy groups -OCH3 is 1. The van der Waals surface area contributed by atoms with E-state index in [4.69, 9.17) is 4.74 Å². The highest BCUT2D eigenvalue weighted by atomic mass is 16.5. The van der Waals surface area contributed by atoms with E-state index < -0.39 is 6.10 Å². The van der Waals surface area contributed by atoms with Gasteiger partial charge in [-0.25, -0.2) is 0 Å². The van der Waals surface area contributed by atoms with E-state index in [0.29, 0.717) is 0 Å². The highest BCUT2D eigenvalue weighted by molar-refractivity contribution is 5.87. The van der Waals surface area contributed by atoms with Crippen LogP contribution in [0.4, 0.5) is 0 Å². The van der Waals surface area contributed by atoms with Gasteiger partial charge in [0.15, 0.2) is 5.78 Å². The molecule has 1 N–H and O–H groups in total. The van der Waals surface area contributed by atoms with E-state index >= 15 is 0 Å². The van der Waals surface area contributed by atoms with Crippen LogP contribution in [-0.2, 0) is 9.53 Å². The lowest BCUT2D eigenvalue weighted by Crippen LogP contribution is -2.31. The van der Waals surface area contributed by atoms with Crippen LogP contribution in [-0.4, -0.2) is 30.2 Å². The summed E-state index contributed by atoms with van der Waals surface area (Å²) in [6, 6.07) is 0. The van der Waals surface area contributed by atoms with Gasteiger partial charge in [0.2, 0.25) is 0 Å². The number of aliphatic hydroxyl groups excluding tert-OH is 1. The molecule has 0 saturated carbocycles. The molecule has 3 atom stereocenters. The molecule has 0 heterocycles. The number of hydrogen-bond donors (Lipinski definition) is 1. The first-order valence-electron chi connectivity index (χ1n) is 4.71. The first kappa shape index (κ1) is 11.1. The van der Waals surface area contributed by atoms with Crippen LogP contribution < -0.4 is 0 Å². The normalized spacial score (nSPS) is 32.4. The van der Waals surface area contributed by atoms with Crippen molar-refractivity contribution < 1.29 is 14.6 Å². The average molecular weight is 196 g/mol. The van der Waals surface area contributed by atoms with Crippen LogP contribution in [0.25, 0.3) is 0 Å². The lowest BCUT2D eigenvalue weighted by molar-refractivity contribution is -0.112. The molecule has 14 heavy (non-hydrogen) atoms. The number of hydrogen-bond acceptors (Lipinski definition) is 3. The molecule has 0 aliphatic heterocycles. The summed E-state index contributed by atoms with van der Waals surface area (Å²) in [6.07, 6.45) is 7.05. The van der Waals surface area contributed by atoms with Gasteiger partial charge in [-0.3, -0.25) is 4.79 Å². The van der Waals surface area contributed by atoms with Crippen molar-refractivity contribution in [2.24, 2.45) is 5.92 Å². The van der Waals surface area contributed by atoms with Crippen molar-refractivity contribution >= 4 is 5.78 Å². The van der Waals surface area contributed by atoms with Crippen molar-refractivity contribution in [3.8, 4) is 0 Å². The van der Waals surface area contributed by atoms with Crippen molar-refractivity contribution in [2.75, 3.05) is 7.11 Å². The molecule has 0 spiro atoms. The quantitative estimate of drug-likeness (QED) is 0.543. The van der Waals surface area contributed by atoms with Crippen LogP contribution >= 0.6 is 0 Å². The molecular weight excluding hydrogens is 180 g/mol. The van der Waals surface area contributed by atoms with Crippen LogP contribution in [0.15, 0.2) is 24.3 Å². The molecule has 3 unspecified atom stereocenters. The first-order chi connectivity index (χ1) is 6.63. The molecule has 3 heteroatoms. The molecule has 0 aromatic heterocycles. The van der Waals surface area contributed by atoms with E-state index in [2.05, 4.69) is 0 Å². The summed E-state index contributed by atoms with van der Waals surface area (Å²) < 4.78 is 5.12. The number of rotatable bonds is 3. The number of ketones is 1. The predicted molar refractivity (Wildman–Crippen MR) is 53.9 cm³/mol. The maximum atomic E-state index is 10.7. The van der Waals surface area contributed by atoms with E-state index in [1.165, 1.54) is 6.92 Å². The minimum atomic E-state index is -0.526. The number of ether oxygens (including phenoxy) is 1. The smallest absolute Gasteiger partial charge is 0.152 e. The van der Waals surface area contributed by atoms with Crippen molar-refractivity contribution in [1.29, 1.82) is 0 Å². The van der Waals surface area contributed by atoms with Crippen LogP contribution in [0.5, 0.6) is 0 Å². The zero-order valence-corrected chi connectivity index (χ0v) is 8.51. The molecule has 3 nitrogen and oxygen atoms in total. The second kappa shape index (κ2) is 5.08. The highest BCUT2D eigenvalue weighted by Crippen LogP contribution is 2.21. The Kier molecular flexibility index (Phi) is 4.04. The second-order valence-electron chi connectivity index (χ2n) is 3.52. The molecule has 0 bridgehead atoms. The molecular formula is C11H16O3. The fourth-order valence-electron chi connectivity index (χ4n) is 1.50. The van der Waals surface area contributed by atoms with E-state index in [1.807, 2.05) is 12.2 Å². The molecule has 0 aromatic rings. The van der Waals surface area contributed by atoms with Crippen molar-refractivity contribution in [3.63, 3.8) is 0 Å². The van der Waals surface area contributed by atoms with Gasteiger partial charge in [-0.1, -0.05) is 18.2 Å². The molecule has 0 saturated heterocycles. The van der Waals surface area contributed by atoms with E-state index in [9.17, 15) is 9.90 Å². The Balaban J connectivity index is 2.58. The Morgan fingerprint density at radius 2 is 2.29 bits per heavy atom. The van der Waals surface area contributed by atoms with Gasteiger partial charge in [0.1, 0.15) is 0 Å². The van der Waals surface area contributed by atoms with Crippen LogP contribution in [0.3, 0.4) is 0 Å². The first-order valence-corrected chi connectivity index (χ1v) is 4.71. The third-order valence-electron chi connectivity index (χ3n) is 2.32. The average Bonchev–Trinajstić information content (AvgIpc) is 2.16. The fraction of sp³-hybridized carbons (Fsp3) is 0.545. The van der Waals surface area contributed by atoms with Gasteiger partial charge < -0.3 is 9.84 Å². The van der Waals surface area contributed by atoms with E-state index in [-0.39, 0.29) is 17.8 Å². The molecule has 0 amide bonds. The summed E-state index contributed by atoms with van der Waals surface area (Å²) in [5.41, 5.74) is 0. The summed E-state index contributed by atoms with van der Waals surface area (Å²) in [5.74, 6) is 0.228. The van der Waals surface area contributed by atoms with Gasteiger partial charge >= 0.3 is 0 Å². The van der Waals surface area contributed by atoms with Crippen LogP contribution in [0.1, 0.15) is 13.3 Å². The number of allylic oxidation sites excluding steroid dienone is 3. The maximum absolute atomic E-state index is 10.7. The lowest BCUT2D eigenvalue weighted by Gasteiger charge is -2.25. The molecule has 1 aliphatic carbocycles. The largest absolute Gasteiger partial charge is 0.386 e. The topological polar surface area (TPSA) is 46.5 Å². The Labute approximate surface area is 84.1 Å². The van der Waals surface area contributed by atoms with Crippen molar-refractivity contribution in [1.82, 2.24) is 0 Å². The number of carbonyl (C=O) groups is 1. The lowest BCUT2D eigenvalue weighted by atomic mass is 9.91. The number of carbonyl (C=O) groups excluding carboxylic acids is 1. The van der Waals surface area contributed by atoms with Gasteiger partial charge in [-0.2, -0.15) is 0 Å². The monoisotopic (exact) mass is 196 g/mol. The van der Waals surface area contributed by atoms with Gasteiger partial charge in [0.25, 0.3) is 0 Å². The van der Waals surface area contributed by atoms with Gasteiger partial charge in [0, 0.05) is 7.11 Å². The zero-order valence-electron chi connectivity index (χ0n) is 8.51. The predicted octanol–water partition coefficient (Wildman–Crippen LogP) is 1.08. The van der Waals surface area contributed by atoms with Gasteiger partial charge in [-0.15, -0.1) is 0 Å². The second-order valence-corrected chi connectivity index (χ2v) is 3.52. The fourth-order valence-corrected chi connectivity index (χ4v) is 1.50. The SMILES string of the molecule is COC1CC(C=CC(C)=O)C=CC1O.